The number of unbranched alkanes of at least 4 members (excludes halogenated alkanes) is 1. The van der Waals surface area contributed by atoms with Gasteiger partial charge >= 0.3 is 0 Å². The lowest BCUT2D eigenvalue weighted by molar-refractivity contribution is 0.0873. The lowest BCUT2D eigenvalue weighted by Crippen LogP contribution is -2.51. The highest BCUT2D eigenvalue weighted by Gasteiger charge is 2.30. The van der Waals surface area contributed by atoms with Crippen LogP contribution in [0.15, 0.2) is 0 Å². The number of nitrogens with two attached hydrogens (primary N) is 1. The van der Waals surface area contributed by atoms with Crippen molar-refractivity contribution in [1.29, 1.82) is 0 Å². The number of rotatable bonds is 6. The summed E-state index contributed by atoms with van der Waals surface area (Å²) in [7, 11) is 0. The Hall–Kier alpha value is -0.120. The summed E-state index contributed by atoms with van der Waals surface area (Å²) in [5.41, 5.74) is 5.74. The fraction of sp³-hybridized carbons (Fsp3) is 1.00. The third-order valence-corrected chi connectivity index (χ3v) is 2.85. The molecule has 0 bridgehead atoms. The van der Waals surface area contributed by atoms with Gasteiger partial charge in [-0.2, -0.15) is 0 Å². The molecule has 0 saturated heterocycles. The van der Waals surface area contributed by atoms with Gasteiger partial charge in [-0.25, -0.2) is 0 Å². The predicted molar refractivity (Wildman–Crippen MR) is 54.6 cm³/mol. The molecule has 0 heterocycles. The van der Waals surface area contributed by atoms with E-state index in [4.69, 9.17) is 10.8 Å². The summed E-state index contributed by atoms with van der Waals surface area (Å²) in [6, 6.07) is 1.06. The molecule has 0 aromatic rings. The fourth-order valence-electron chi connectivity index (χ4n) is 1.89. The first-order valence-electron chi connectivity index (χ1n) is 5.38. The molecule has 1 fully saturated rings. The van der Waals surface area contributed by atoms with E-state index in [1.54, 1.807) is 0 Å². The molecular formula is C10H22N2O. The van der Waals surface area contributed by atoms with E-state index in [9.17, 15) is 0 Å². The Morgan fingerprint density at radius 1 is 1.38 bits per heavy atom. The van der Waals surface area contributed by atoms with E-state index >= 15 is 0 Å². The molecule has 0 aromatic carbocycles. The summed E-state index contributed by atoms with van der Waals surface area (Å²) in [5.74, 6) is 0. The van der Waals surface area contributed by atoms with Crippen LogP contribution < -0.4 is 5.73 Å². The maximum atomic E-state index is 8.90. The van der Waals surface area contributed by atoms with Gasteiger partial charge in [-0.3, -0.25) is 4.90 Å². The first-order valence-corrected chi connectivity index (χ1v) is 5.38. The molecule has 1 aliphatic carbocycles. The molecule has 0 atom stereocenters. The Morgan fingerprint density at radius 3 is 2.54 bits per heavy atom. The van der Waals surface area contributed by atoms with E-state index in [1.807, 2.05) is 0 Å². The van der Waals surface area contributed by atoms with E-state index in [1.165, 1.54) is 12.8 Å². The van der Waals surface area contributed by atoms with Crippen molar-refractivity contribution in [1.82, 2.24) is 4.90 Å². The van der Waals surface area contributed by atoms with Crippen molar-refractivity contribution in [2.24, 2.45) is 5.73 Å². The van der Waals surface area contributed by atoms with Gasteiger partial charge < -0.3 is 10.8 Å². The Bertz CT molecular complexity index is 135. The summed E-state index contributed by atoms with van der Waals surface area (Å²) >= 11 is 0. The summed E-state index contributed by atoms with van der Waals surface area (Å²) in [6.45, 7) is 4.41. The molecule has 13 heavy (non-hydrogen) atoms. The minimum absolute atomic E-state index is 0.273. The van der Waals surface area contributed by atoms with E-state index in [-0.39, 0.29) is 6.61 Å². The minimum Gasteiger partial charge on any atom is -0.395 e. The quantitative estimate of drug-likeness (QED) is 0.637. The van der Waals surface area contributed by atoms with Crippen LogP contribution in [0.5, 0.6) is 0 Å². The monoisotopic (exact) mass is 186 g/mol. The summed E-state index contributed by atoms with van der Waals surface area (Å²) in [5, 5.41) is 8.90. The van der Waals surface area contributed by atoms with Crippen molar-refractivity contribution in [3.63, 3.8) is 0 Å². The Labute approximate surface area is 80.9 Å². The van der Waals surface area contributed by atoms with Crippen molar-refractivity contribution < 1.29 is 5.11 Å². The second kappa shape index (κ2) is 5.58. The van der Waals surface area contributed by atoms with Gasteiger partial charge in [-0.15, -0.1) is 0 Å². The van der Waals surface area contributed by atoms with Gasteiger partial charge in [0.05, 0.1) is 6.61 Å². The van der Waals surface area contributed by atoms with Crippen LogP contribution in [-0.4, -0.2) is 41.8 Å². The second-order valence-corrected chi connectivity index (χ2v) is 4.00. The SMILES string of the molecule is CCCCN(CCO)C1CC(N)C1. The predicted octanol–water partition coefficient (Wildman–Crippen LogP) is 0.570. The van der Waals surface area contributed by atoms with Gasteiger partial charge in [-0.1, -0.05) is 13.3 Å². The molecule has 0 radical (unpaired) electrons. The van der Waals surface area contributed by atoms with Crippen molar-refractivity contribution in [3.05, 3.63) is 0 Å². The molecule has 0 aliphatic heterocycles. The van der Waals surface area contributed by atoms with Crippen LogP contribution in [0, 0.1) is 0 Å². The molecule has 3 N–H and O–H groups in total. The summed E-state index contributed by atoms with van der Waals surface area (Å²) < 4.78 is 0. The topological polar surface area (TPSA) is 49.5 Å². The first-order chi connectivity index (χ1) is 6.27. The zero-order valence-electron chi connectivity index (χ0n) is 8.58. The highest BCUT2D eigenvalue weighted by Crippen LogP contribution is 2.23. The highest BCUT2D eigenvalue weighted by molar-refractivity contribution is 4.89. The van der Waals surface area contributed by atoms with Crippen molar-refractivity contribution in [3.8, 4) is 0 Å². The van der Waals surface area contributed by atoms with Crippen LogP contribution >= 0.6 is 0 Å². The van der Waals surface area contributed by atoms with Gasteiger partial charge in [0.2, 0.25) is 0 Å². The zero-order valence-corrected chi connectivity index (χ0v) is 8.58. The molecule has 3 heteroatoms. The van der Waals surface area contributed by atoms with Gasteiger partial charge in [0.15, 0.2) is 0 Å². The summed E-state index contributed by atoms with van der Waals surface area (Å²) in [6.07, 6.45) is 4.68. The van der Waals surface area contributed by atoms with Gasteiger partial charge in [0.1, 0.15) is 0 Å². The molecule has 1 saturated carbocycles. The lowest BCUT2D eigenvalue weighted by Gasteiger charge is -2.41. The molecule has 0 amide bonds. The third kappa shape index (κ3) is 3.25. The molecule has 1 rings (SSSR count). The standard InChI is InChI=1S/C10H22N2O/c1-2-3-4-12(5-6-13)10-7-9(11)8-10/h9-10,13H,2-8,11H2,1H3. The molecule has 0 aromatic heterocycles. The van der Waals surface area contributed by atoms with E-state index in [0.717, 1.165) is 25.9 Å². The van der Waals surface area contributed by atoms with Crippen molar-refractivity contribution >= 4 is 0 Å². The lowest BCUT2D eigenvalue weighted by atomic mass is 9.86. The first kappa shape index (κ1) is 11.0. The van der Waals surface area contributed by atoms with E-state index in [2.05, 4.69) is 11.8 Å². The van der Waals surface area contributed by atoms with E-state index in [0.29, 0.717) is 12.1 Å². The van der Waals surface area contributed by atoms with Gasteiger partial charge in [0, 0.05) is 18.6 Å². The maximum Gasteiger partial charge on any atom is 0.0558 e. The average Bonchev–Trinajstić information content (AvgIpc) is 2.07. The number of nitrogens with zero attached hydrogens (tertiary/aromatic N) is 1. The average molecular weight is 186 g/mol. The van der Waals surface area contributed by atoms with Crippen LogP contribution in [0.1, 0.15) is 32.6 Å². The van der Waals surface area contributed by atoms with Crippen LogP contribution in [0.25, 0.3) is 0 Å². The number of aliphatic hydroxyl groups excluding tert-OH is 1. The van der Waals surface area contributed by atoms with Crippen LogP contribution in [0.2, 0.25) is 0 Å². The number of aliphatic hydroxyl groups is 1. The zero-order chi connectivity index (χ0) is 9.68. The van der Waals surface area contributed by atoms with E-state index < -0.39 is 0 Å². The molecule has 0 spiro atoms. The molecule has 0 unspecified atom stereocenters. The summed E-state index contributed by atoms with van der Waals surface area (Å²) in [4.78, 5) is 2.38. The van der Waals surface area contributed by atoms with Crippen molar-refractivity contribution in [2.45, 2.75) is 44.7 Å². The number of hydrogen-bond donors (Lipinski definition) is 2. The van der Waals surface area contributed by atoms with Crippen LogP contribution in [0.3, 0.4) is 0 Å². The minimum atomic E-state index is 0.273. The molecule has 78 valence electrons. The fourth-order valence-corrected chi connectivity index (χ4v) is 1.89. The van der Waals surface area contributed by atoms with Crippen LogP contribution in [0.4, 0.5) is 0 Å². The Balaban J connectivity index is 2.21. The maximum absolute atomic E-state index is 8.90. The third-order valence-electron chi connectivity index (χ3n) is 2.85. The Morgan fingerprint density at radius 2 is 2.08 bits per heavy atom. The molecule has 3 nitrogen and oxygen atoms in total. The smallest absolute Gasteiger partial charge is 0.0558 e. The molecular weight excluding hydrogens is 164 g/mol. The van der Waals surface area contributed by atoms with Crippen LogP contribution in [-0.2, 0) is 0 Å². The highest BCUT2D eigenvalue weighted by atomic mass is 16.3. The Kier molecular flexibility index (Phi) is 4.70. The normalized spacial score (nSPS) is 27.7. The van der Waals surface area contributed by atoms with Gasteiger partial charge in [-0.05, 0) is 25.8 Å². The molecule has 1 aliphatic rings. The van der Waals surface area contributed by atoms with Crippen molar-refractivity contribution in [2.75, 3.05) is 19.7 Å². The van der Waals surface area contributed by atoms with Gasteiger partial charge in [0.25, 0.3) is 0 Å². The largest absolute Gasteiger partial charge is 0.395 e. The number of hydrogen-bond acceptors (Lipinski definition) is 3. The second-order valence-electron chi connectivity index (χ2n) is 4.00.